The molecule has 1 amide bonds. The zero-order valence-electron chi connectivity index (χ0n) is 15.5. The number of nitrogens with one attached hydrogen (secondary N) is 1. The highest BCUT2D eigenvalue weighted by Gasteiger charge is 2.11. The van der Waals surface area contributed by atoms with Crippen LogP contribution in [0.3, 0.4) is 0 Å². The first-order valence-electron chi connectivity index (χ1n) is 8.91. The fraction of sp³-hybridized carbons (Fsp3) is 0.130. The quantitative estimate of drug-likeness (QED) is 0.640. The summed E-state index contributed by atoms with van der Waals surface area (Å²) in [5, 5.41) is 11.7. The van der Waals surface area contributed by atoms with Crippen molar-refractivity contribution in [1.82, 2.24) is 0 Å². The van der Waals surface area contributed by atoms with Gasteiger partial charge in [-0.2, -0.15) is 0 Å². The van der Waals surface area contributed by atoms with E-state index in [0.29, 0.717) is 29.2 Å². The van der Waals surface area contributed by atoms with E-state index >= 15 is 0 Å². The summed E-state index contributed by atoms with van der Waals surface area (Å²) in [5.41, 5.74) is 3.70. The second-order valence-electron chi connectivity index (χ2n) is 6.47. The molecule has 0 radical (unpaired) electrons. The molecule has 3 aromatic rings. The molecule has 5 nitrogen and oxygen atoms in total. The number of aryl methyl sites for hydroxylation is 1. The van der Waals surface area contributed by atoms with E-state index in [0.717, 1.165) is 11.1 Å². The summed E-state index contributed by atoms with van der Waals surface area (Å²) < 4.78 is 5.81. The predicted octanol–water partition coefficient (Wildman–Crippen LogP) is 4.45. The number of aliphatic carboxylic acids is 1. The molecular formula is C23H21NO4. The zero-order valence-corrected chi connectivity index (χ0v) is 15.5. The van der Waals surface area contributed by atoms with Crippen LogP contribution in [0.4, 0.5) is 5.69 Å². The molecule has 0 atom stereocenters. The number of ether oxygens (including phenoxy) is 1. The molecule has 5 heteroatoms. The van der Waals surface area contributed by atoms with Crippen molar-refractivity contribution in [2.75, 3.05) is 5.32 Å². The molecule has 0 saturated heterocycles. The van der Waals surface area contributed by atoms with Crippen LogP contribution in [0.15, 0.2) is 72.8 Å². The van der Waals surface area contributed by atoms with Crippen LogP contribution in [-0.2, 0) is 17.8 Å². The lowest BCUT2D eigenvalue weighted by molar-refractivity contribution is -0.136. The lowest BCUT2D eigenvalue weighted by Gasteiger charge is -2.11. The third-order valence-corrected chi connectivity index (χ3v) is 4.27. The van der Waals surface area contributed by atoms with Crippen molar-refractivity contribution in [1.29, 1.82) is 0 Å². The van der Waals surface area contributed by atoms with Crippen molar-refractivity contribution in [3.05, 3.63) is 95.1 Å². The van der Waals surface area contributed by atoms with Gasteiger partial charge in [0.25, 0.3) is 5.91 Å². The van der Waals surface area contributed by atoms with Crippen LogP contribution in [0.1, 0.15) is 27.0 Å². The molecule has 0 bridgehead atoms. The summed E-state index contributed by atoms with van der Waals surface area (Å²) in [4.78, 5) is 23.4. The van der Waals surface area contributed by atoms with Crippen LogP contribution in [0.2, 0.25) is 0 Å². The van der Waals surface area contributed by atoms with E-state index in [2.05, 4.69) is 5.32 Å². The molecule has 0 fully saturated rings. The predicted molar refractivity (Wildman–Crippen MR) is 108 cm³/mol. The minimum absolute atomic E-state index is 0.0475. The summed E-state index contributed by atoms with van der Waals surface area (Å²) in [6.45, 7) is 2.29. The van der Waals surface area contributed by atoms with Gasteiger partial charge in [0, 0.05) is 11.3 Å². The monoisotopic (exact) mass is 375 g/mol. The standard InChI is InChI=1S/C23H21NO4/c1-16-7-12-20(28-15-18-5-3-2-4-6-18)14-21(16)23(27)24-19-10-8-17(9-11-19)13-22(25)26/h2-12,14H,13,15H2,1H3,(H,24,27)(H,25,26). The number of anilines is 1. The first-order valence-corrected chi connectivity index (χ1v) is 8.91. The van der Waals surface area contributed by atoms with Gasteiger partial charge in [-0.1, -0.05) is 48.5 Å². The molecule has 0 heterocycles. The molecule has 3 rings (SSSR count). The molecule has 0 aromatic heterocycles. The van der Waals surface area contributed by atoms with Crippen LogP contribution >= 0.6 is 0 Å². The van der Waals surface area contributed by atoms with Gasteiger partial charge in [-0.3, -0.25) is 9.59 Å². The van der Waals surface area contributed by atoms with Crippen molar-refractivity contribution in [2.24, 2.45) is 0 Å². The fourth-order valence-corrected chi connectivity index (χ4v) is 2.76. The minimum atomic E-state index is -0.889. The van der Waals surface area contributed by atoms with Crippen molar-refractivity contribution in [3.63, 3.8) is 0 Å². The van der Waals surface area contributed by atoms with E-state index in [9.17, 15) is 9.59 Å². The Morgan fingerprint density at radius 1 is 0.929 bits per heavy atom. The van der Waals surface area contributed by atoms with Crippen LogP contribution in [0.5, 0.6) is 5.75 Å². The first-order chi connectivity index (χ1) is 13.5. The van der Waals surface area contributed by atoms with Gasteiger partial charge >= 0.3 is 5.97 Å². The number of amides is 1. The summed E-state index contributed by atoms with van der Waals surface area (Å²) in [6.07, 6.45) is -0.0475. The minimum Gasteiger partial charge on any atom is -0.489 e. The average molecular weight is 375 g/mol. The van der Waals surface area contributed by atoms with Crippen molar-refractivity contribution < 1.29 is 19.4 Å². The van der Waals surface area contributed by atoms with E-state index in [1.54, 1.807) is 30.3 Å². The highest BCUT2D eigenvalue weighted by Crippen LogP contribution is 2.20. The van der Waals surface area contributed by atoms with E-state index in [-0.39, 0.29) is 12.3 Å². The molecule has 3 aromatic carbocycles. The van der Waals surface area contributed by atoms with E-state index in [1.807, 2.05) is 49.4 Å². The number of hydrogen-bond donors (Lipinski definition) is 2. The van der Waals surface area contributed by atoms with Crippen molar-refractivity contribution in [2.45, 2.75) is 20.0 Å². The lowest BCUT2D eigenvalue weighted by Crippen LogP contribution is -2.13. The number of benzene rings is 3. The summed E-state index contributed by atoms with van der Waals surface area (Å²) in [6, 6.07) is 22.0. The third kappa shape index (κ3) is 5.20. The molecule has 0 unspecified atom stereocenters. The van der Waals surface area contributed by atoms with E-state index in [1.165, 1.54) is 0 Å². The number of rotatable bonds is 7. The smallest absolute Gasteiger partial charge is 0.307 e. The number of carbonyl (C=O) groups excluding carboxylic acids is 1. The van der Waals surface area contributed by atoms with Crippen LogP contribution in [0, 0.1) is 6.92 Å². The van der Waals surface area contributed by atoms with Gasteiger partial charge in [0.05, 0.1) is 6.42 Å². The van der Waals surface area contributed by atoms with Gasteiger partial charge in [-0.05, 0) is 47.9 Å². The summed E-state index contributed by atoms with van der Waals surface area (Å²) in [7, 11) is 0. The first kappa shape index (κ1) is 19.2. The van der Waals surface area contributed by atoms with Gasteiger partial charge in [-0.25, -0.2) is 0 Å². The molecular weight excluding hydrogens is 354 g/mol. The summed E-state index contributed by atoms with van der Waals surface area (Å²) >= 11 is 0. The maximum absolute atomic E-state index is 12.7. The molecule has 0 spiro atoms. The largest absolute Gasteiger partial charge is 0.489 e. The van der Waals surface area contributed by atoms with Crippen LogP contribution in [-0.4, -0.2) is 17.0 Å². The maximum Gasteiger partial charge on any atom is 0.307 e. The Labute approximate surface area is 163 Å². The highest BCUT2D eigenvalue weighted by molar-refractivity contribution is 6.05. The Hall–Kier alpha value is -3.60. The Kier molecular flexibility index (Phi) is 6.07. The van der Waals surface area contributed by atoms with Crippen molar-refractivity contribution in [3.8, 4) is 5.75 Å². The van der Waals surface area contributed by atoms with Gasteiger partial charge in [0.2, 0.25) is 0 Å². The highest BCUT2D eigenvalue weighted by atomic mass is 16.5. The summed E-state index contributed by atoms with van der Waals surface area (Å²) in [5.74, 6) is -0.509. The zero-order chi connectivity index (χ0) is 19.9. The Bertz CT molecular complexity index is 966. The van der Waals surface area contributed by atoms with Gasteiger partial charge in [-0.15, -0.1) is 0 Å². The van der Waals surface area contributed by atoms with Gasteiger partial charge < -0.3 is 15.2 Å². The van der Waals surface area contributed by atoms with Gasteiger partial charge in [0.15, 0.2) is 0 Å². The van der Waals surface area contributed by atoms with Gasteiger partial charge in [0.1, 0.15) is 12.4 Å². The number of carboxylic acid groups (broad SMARTS) is 1. The molecule has 0 aliphatic heterocycles. The molecule has 0 aliphatic carbocycles. The number of carbonyl (C=O) groups is 2. The number of hydrogen-bond acceptors (Lipinski definition) is 3. The molecule has 28 heavy (non-hydrogen) atoms. The molecule has 0 saturated carbocycles. The molecule has 142 valence electrons. The Morgan fingerprint density at radius 2 is 1.64 bits per heavy atom. The topological polar surface area (TPSA) is 75.6 Å². The lowest BCUT2D eigenvalue weighted by atomic mass is 10.1. The van der Waals surface area contributed by atoms with Crippen molar-refractivity contribution >= 4 is 17.6 Å². The van der Waals surface area contributed by atoms with E-state index in [4.69, 9.17) is 9.84 Å². The Balaban J connectivity index is 1.68. The van der Waals surface area contributed by atoms with E-state index < -0.39 is 5.97 Å². The second kappa shape index (κ2) is 8.86. The Morgan fingerprint density at radius 3 is 2.32 bits per heavy atom. The average Bonchev–Trinajstić information content (AvgIpc) is 2.69. The fourth-order valence-electron chi connectivity index (χ4n) is 2.76. The SMILES string of the molecule is Cc1ccc(OCc2ccccc2)cc1C(=O)Nc1ccc(CC(=O)O)cc1. The molecule has 0 aliphatic rings. The van der Waals surface area contributed by atoms with Crippen LogP contribution in [0.25, 0.3) is 0 Å². The van der Waals surface area contributed by atoms with Crippen LogP contribution < -0.4 is 10.1 Å². The second-order valence-corrected chi connectivity index (χ2v) is 6.47. The molecule has 2 N–H and O–H groups in total. The maximum atomic E-state index is 12.7. The number of carboxylic acids is 1. The third-order valence-electron chi connectivity index (χ3n) is 4.27. The normalized spacial score (nSPS) is 10.3.